The fourth-order valence-electron chi connectivity index (χ4n) is 4.88. The number of nitrogens with zero attached hydrogens (tertiary/aromatic N) is 3. The number of aromatic nitrogens is 2. The van der Waals surface area contributed by atoms with Crippen LogP contribution in [0.2, 0.25) is 0 Å². The highest BCUT2D eigenvalue weighted by atomic mass is 32.1. The number of likely N-dealkylation sites (tertiary alicyclic amines) is 1. The summed E-state index contributed by atoms with van der Waals surface area (Å²) in [7, 11) is 3.75. The summed E-state index contributed by atoms with van der Waals surface area (Å²) in [6.45, 7) is 3.91. The first-order chi connectivity index (χ1) is 15.7. The molecule has 1 fully saturated rings. The number of para-hydroxylation sites is 1. The maximum atomic E-state index is 13.0. The molecule has 1 N–H and O–H groups in total. The summed E-state index contributed by atoms with van der Waals surface area (Å²) in [5, 5.41) is 5.44. The van der Waals surface area contributed by atoms with Crippen LogP contribution in [0.1, 0.15) is 33.1 Å². The number of hydrogen-bond acceptors (Lipinski definition) is 5. The number of carbonyl (C=O) groups excluding carboxylic acids is 1. The molecule has 6 nitrogen and oxygen atoms in total. The molecule has 0 bridgehead atoms. The normalized spacial score (nSPS) is 16.9. The number of thiophene rings is 1. The van der Waals surface area contributed by atoms with Crippen LogP contribution in [0.15, 0.2) is 48.8 Å². The third-order valence-corrected chi connectivity index (χ3v) is 7.48. The SMILES string of the molecule is COCCNC(=O)c1sc2ncccc2c1C1CCN(Cc2cn(C)c3ccccc23)C1. The van der Waals surface area contributed by atoms with E-state index in [1.165, 1.54) is 27.8 Å². The number of fused-ring (bicyclic) bond motifs is 2. The van der Waals surface area contributed by atoms with E-state index in [4.69, 9.17) is 4.74 Å². The van der Waals surface area contributed by atoms with Crippen LogP contribution in [0, 0.1) is 0 Å². The number of amides is 1. The predicted molar refractivity (Wildman–Crippen MR) is 129 cm³/mol. The molecule has 7 heteroatoms. The van der Waals surface area contributed by atoms with Gasteiger partial charge in [-0.2, -0.15) is 0 Å². The van der Waals surface area contributed by atoms with Gasteiger partial charge in [0.05, 0.1) is 11.5 Å². The van der Waals surface area contributed by atoms with Gasteiger partial charge in [0.15, 0.2) is 0 Å². The van der Waals surface area contributed by atoms with Crippen molar-refractivity contribution in [2.45, 2.75) is 18.9 Å². The largest absolute Gasteiger partial charge is 0.383 e. The Labute approximate surface area is 191 Å². The first-order valence-electron chi connectivity index (χ1n) is 11.1. The molecule has 1 unspecified atom stereocenters. The highest BCUT2D eigenvalue weighted by molar-refractivity contribution is 7.20. The van der Waals surface area contributed by atoms with Crippen molar-refractivity contribution >= 4 is 38.4 Å². The van der Waals surface area contributed by atoms with Gasteiger partial charge in [-0.15, -0.1) is 11.3 Å². The lowest BCUT2D eigenvalue weighted by atomic mass is 9.95. The Morgan fingerprint density at radius 1 is 1.25 bits per heavy atom. The summed E-state index contributed by atoms with van der Waals surface area (Å²) in [4.78, 5) is 21.8. The summed E-state index contributed by atoms with van der Waals surface area (Å²) in [5.41, 5.74) is 3.79. The minimum Gasteiger partial charge on any atom is -0.383 e. The number of methoxy groups -OCH3 is 1. The van der Waals surface area contributed by atoms with E-state index in [1.807, 2.05) is 6.07 Å². The van der Waals surface area contributed by atoms with Crippen LogP contribution >= 0.6 is 11.3 Å². The standard InChI is InChI=1S/C25H28N4O2S/c1-28-14-18(19-6-3-4-8-21(19)28)16-29-12-9-17(15-29)22-20-7-5-10-27-25(20)32-23(22)24(30)26-11-13-31-2/h3-8,10,14,17H,9,11-13,15-16H2,1-2H3,(H,26,30). The molecule has 4 aromatic rings. The van der Waals surface area contributed by atoms with E-state index in [1.54, 1.807) is 13.3 Å². The monoisotopic (exact) mass is 448 g/mol. The number of ether oxygens (including phenoxy) is 1. The molecule has 1 amide bonds. The molecule has 5 rings (SSSR count). The lowest BCUT2D eigenvalue weighted by Crippen LogP contribution is -2.27. The highest BCUT2D eigenvalue weighted by Gasteiger charge is 2.31. The van der Waals surface area contributed by atoms with Gasteiger partial charge in [0.1, 0.15) is 4.83 Å². The minimum atomic E-state index is -0.0208. The van der Waals surface area contributed by atoms with E-state index in [0.717, 1.165) is 46.7 Å². The van der Waals surface area contributed by atoms with Gasteiger partial charge in [-0.1, -0.05) is 24.3 Å². The van der Waals surface area contributed by atoms with Crippen LogP contribution in [0.4, 0.5) is 0 Å². The Bertz CT molecular complexity index is 1260. The average Bonchev–Trinajstić information content (AvgIpc) is 3.50. The van der Waals surface area contributed by atoms with Crippen molar-refractivity contribution in [2.24, 2.45) is 7.05 Å². The predicted octanol–water partition coefficient (Wildman–Crippen LogP) is 4.15. The Kier molecular flexibility index (Phi) is 5.95. The van der Waals surface area contributed by atoms with E-state index in [0.29, 0.717) is 19.1 Å². The number of benzene rings is 1. The Morgan fingerprint density at radius 3 is 2.97 bits per heavy atom. The Morgan fingerprint density at radius 2 is 2.09 bits per heavy atom. The van der Waals surface area contributed by atoms with Crippen LogP contribution in [0.25, 0.3) is 21.1 Å². The number of hydrogen-bond donors (Lipinski definition) is 1. The average molecular weight is 449 g/mol. The molecule has 0 spiro atoms. The summed E-state index contributed by atoms with van der Waals surface area (Å²) in [6, 6.07) is 12.6. The van der Waals surface area contributed by atoms with Gasteiger partial charge < -0.3 is 14.6 Å². The molecule has 3 aromatic heterocycles. The molecule has 0 radical (unpaired) electrons. The van der Waals surface area contributed by atoms with E-state index >= 15 is 0 Å². The molecule has 1 atom stereocenters. The number of carbonyl (C=O) groups is 1. The van der Waals surface area contributed by atoms with Crippen molar-refractivity contribution in [1.29, 1.82) is 0 Å². The van der Waals surface area contributed by atoms with Gasteiger partial charge in [0, 0.05) is 68.4 Å². The number of rotatable bonds is 7. The summed E-state index contributed by atoms with van der Waals surface area (Å²) < 4.78 is 7.29. The van der Waals surface area contributed by atoms with Crippen LogP contribution in [-0.2, 0) is 18.3 Å². The van der Waals surface area contributed by atoms with E-state index in [9.17, 15) is 4.79 Å². The van der Waals surface area contributed by atoms with Gasteiger partial charge in [-0.3, -0.25) is 9.69 Å². The quantitative estimate of drug-likeness (QED) is 0.432. The second kappa shape index (κ2) is 9.02. The maximum Gasteiger partial charge on any atom is 0.261 e. The first kappa shape index (κ1) is 21.1. The molecule has 0 aliphatic carbocycles. The van der Waals surface area contributed by atoms with E-state index in [-0.39, 0.29) is 5.91 Å². The summed E-state index contributed by atoms with van der Waals surface area (Å²) in [6.07, 6.45) is 5.09. The molecule has 4 heterocycles. The van der Waals surface area contributed by atoms with Gasteiger partial charge in [0.2, 0.25) is 0 Å². The van der Waals surface area contributed by atoms with Gasteiger partial charge in [-0.25, -0.2) is 4.98 Å². The topological polar surface area (TPSA) is 59.4 Å². The summed E-state index contributed by atoms with van der Waals surface area (Å²) >= 11 is 1.50. The second-order valence-electron chi connectivity index (χ2n) is 8.45. The number of pyridine rings is 1. The molecular weight excluding hydrogens is 420 g/mol. The van der Waals surface area contributed by atoms with Gasteiger partial charge >= 0.3 is 0 Å². The Balaban J connectivity index is 1.40. The van der Waals surface area contributed by atoms with Crippen molar-refractivity contribution in [2.75, 3.05) is 33.4 Å². The molecular formula is C25H28N4O2S. The van der Waals surface area contributed by atoms with Crippen molar-refractivity contribution in [3.8, 4) is 0 Å². The van der Waals surface area contributed by atoms with E-state index in [2.05, 4.69) is 63.3 Å². The van der Waals surface area contributed by atoms with E-state index < -0.39 is 0 Å². The molecule has 1 aromatic carbocycles. The highest BCUT2D eigenvalue weighted by Crippen LogP contribution is 2.40. The molecule has 166 valence electrons. The number of nitrogens with one attached hydrogen (secondary N) is 1. The first-order valence-corrected chi connectivity index (χ1v) is 11.9. The fraction of sp³-hybridized carbons (Fsp3) is 0.360. The maximum absolute atomic E-state index is 13.0. The zero-order valence-electron chi connectivity index (χ0n) is 18.5. The van der Waals surface area contributed by atoms with Crippen molar-refractivity contribution in [3.05, 3.63) is 64.8 Å². The zero-order valence-corrected chi connectivity index (χ0v) is 19.3. The molecule has 1 saturated heterocycles. The van der Waals surface area contributed by atoms with Crippen LogP contribution in [-0.4, -0.2) is 53.7 Å². The zero-order chi connectivity index (χ0) is 22.1. The van der Waals surface area contributed by atoms with Crippen LogP contribution in [0.5, 0.6) is 0 Å². The lowest BCUT2D eigenvalue weighted by molar-refractivity contribution is 0.0940. The van der Waals surface area contributed by atoms with Gasteiger partial charge in [0.25, 0.3) is 5.91 Å². The van der Waals surface area contributed by atoms with Crippen LogP contribution < -0.4 is 5.32 Å². The smallest absolute Gasteiger partial charge is 0.261 e. The minimum absolute atomic E-state index is 0.0208. The third-order valence-electron chi connectivity index (χ3n) is 6.36. The molecule has 1 aliphatic heterocycles. The third kappa shape index (κ3) is 3.92. The molecule has 0 saturated carbocycles. The van der Waals surface area contributed by atoms with Gasteiger partial charge in [-0.05, 0) is 36.2 Å². The summed E-state index contributed by atoms with van der Waals surface area (Å²) in [5.74, 6) is 0.304. The Hall–Kier alpha value is -2.74. The molecule has 1 aliphatic rings. The van der Waals surface area contributed by atoms with Crippen LogP contribution in [0.3, 0.4) is 0 Å². The fourth-order valence-corrected chi connectivity index (χ4v) is 6.02. The van der Waals surface area contributed by atoms with Crippen molar-refractivity contribution in [3.63, 3.8) is 0 Å². The van der Waals surface area contributed by atoms with Crippen molar-refractivity contribution in [1.82, 2.24) is 19.8 Å². The second-order valence-corrected chi connectivity index (χ2v) is 9.45. The lowest BCUT2D eigenvalue weighted by Gasteiger charge is -2.16. The number of aryl methyl sites for hydroxylation is 1. The molecule has 32 heavy (non-hydrogen) atoms. The van der Waals surface area contributed by atoms with Crippen molar-refractivity contribution < 1.29 is 9.53 Å².